The molecule has 18 heavy (non-hydrogen) atoms. The second-order valence-electron chi connectivity index (χ2n) is 4.60. The number of aromatic nitrogens is 2. The van der Waals surface area contributed by atoms with Gasteiger partial charge in [-0.15, -0.1) is 0 Å². The molecule has 94 valence electrons. The van der Waals surface area contributed by atoms with Gasteiger partial charge in [0.1, 0.15) is 11.6 Å². The molecule has 0 saturated heterocycles. The molecule has 2 heterocycles. The highest BCUT2D eigenvalue weighted by atomic mass is 16.5. The Morgan fingerprint density at radius 2 is 2.33 bits per heavy atom. The lowest BCUT2D eigenvalue weighted by Crippen LogP contribution is -2.22. The van der Waals surface area contributed by atoms with Crippen LogP contribution in [0.4, 0.5) is 0 Å². The van der Waals surface area contributed by atoms with Gasteiger partial charge in [0, 0.05) is 30.4 Å². The normalized spacial score (nSPS) is 18.4. The van der Waals surface area contributed by atoms with E-state index in [4.69, 9.17) is 4.74 Å². The van der Waals surface area contributed by atoms with Gasteiger partial charge in [-0.3, -0.25) is 0 Å². The number of aliphatic hydroxyl groups is 1. The van der Waals surface area contributed by atoms with Gasteiger partial charge in [-0.05, 0) is 18.6 Å². The SMILES string of the molecule is COc1cccc(-c2ncc3n2CCC(O)C3)c1. The van der Waals surface area contributed by atoms with E-state index < -0.39 is 0 Å². The van der Waals surface area contributed by atoms with Crippen molar-refractivity contribution < 1.29 is 9.84 Å². The summed E-state index contributed by atoms with van der Waals surface area (Å²) in [6, 6.07) is 7.91. The molecule has 2 aromatic rings. The second-order valence-corrected chi connectivity index (χ2v) is 4.60. The molecule has 4 heteroatoms. The zero-order valence-electron chi connectivity index (χ0n) is 10.3. The van der Waals surface area contributed by atoms with Crippen LogP contribution in [0.1, 0.15) is 12.1 Å². The summed E-state index contributed by atoms with van der Waals surface area (Å²) in [6.45, 7) is 0.822. The number of benzene rings is 1. The van der Waals surface area contributed by atoms with Crippen molar-refractivity contribution in [2.45, 2.75) is 25.5 Å². The van der Waals surface area contributed by atoms with E-state index in [1.54, 1.807) is 7.11 Å². The number of fused-ring (bicyclic) bond motifs is 1. The number of hydrogen-bond acceptors (Lipinski definition) is 3. The lowest BCUT2D eigenvalue weighted by atomic mass is 10.1. The first-order valence-electron chi connectivity index (χ1n) is 6.15. The van der Waals surface area contributed by atoms with E-state index in [1.165, 1.54) is 0 Å². The fourth-order valence-corrected chi connectivity index (χ4v) is 2.44. The third-order valence-electron chi connectivity index (χ3n) is 3.40. The monoisotopic (exact) mass is 244 g/mol. The predicted octanol–water partition coefficient (Wildman–Crippen LogP) is 1.87. The molecule has 3 rings (SSSR count). The highest BCUT2D eigenvalue weighted by molar-refractivity contribution is 5.58. The standard InChI is InChI=1S/C14H16N2O2/c1-18-13-4-2-3-10(7-13)14-15-9-11-8-12(17)5-6-16(11)14/h2-4,7,9,12,17H,5-6,8H2,1H3. The topological polar surface area (TPSA) is 47.3 Å². The summed E-state index contributed by atoms with van der Waals surface area (Å²) < 4.78 is 7.42. The van der Waals surface area contributed by atoms with Gasteiger partial charge in [0.25, 0.3) is 0 Å². The highest BCUT2D eigenvalue weighted by Gasteiger charge is 2.20. The minimum atomic E-state index is -0.229. The van der Waals surface area contributed by atoms with Gasteiger partial charge in [-0.2, -0.15) is 0 Å². The van der Waals surface area contributed by atoms with Crippen molar-refractivity contribution >= 4 is 0 Å². The number of hydrogen-bond donors (Lipinski definition) is 1. The number of aliphatic hydroxyl groups excluding tert-OH is 1. The third kappa shape index (κ3) is 1.88. The molecule has 0 saturated carbocycles. The van der Waals surface area contributed by atoms with Crippen molar-refractivity contribution in [3.8, 4) is 17.1 Å². The summed E-state index contributed by atoms with van der Waals surface area (Å²) in [5.74, 6) is 1.79. The molecule has 1 aliphatic rings. The van der Waals surface area contributed by atoms with Crippen LogP contribution in [0.3, 0.4) is 0 Å². The summed E-state index contributed by atoms with van der Waals surface area (Å²) in [5.41, 5.74) is 2.16. The molecule has 1 aliphatic heterocycles. The smallest absolute Gasteiger partial charge is 0.140 e. The van der Waals surface area contributed by atoms with Crippen LogP contribution in [0, 0.1) is 0 Å². The first kappa shape index (κ1) is 11.3. The van der Waals surface area contributed by atoms with E-state index in [2.05, 4.69) is 9.55 Å². The van der Waals surface area contributed by atoms with Crippen molar-refractivity contribution in [1.29, 1.82) is 0 Å². The number of nitrogens with zero attached hydrogens (tertiary/aromatic N) is 2. The van der Waals surface area contributed by atoms with Crippen LogP contribution in [0.25, 0.3) is 11.4 Å². The van der Waals surface area contributed by atoms with Gasteiger partial charge in [-0.25, -0.2) is 4.98 Å². The average Bonchev–Trinajstić information content (AvgIpc) is 2.81. The fraction of sp³-hybridized carbons (Fsp3) is 0.357. The molecule has 0 amide bonds. The van der Waals surface area contributed by atoms with Crippen molar-refractivity contribution in [2.75, 3.05) is 7.11 Å². The maximum atomic E-state index is 9.66. The van der Waals surface area contributed by atoms with Crippen LogP contribution >= 0.6 is 0 Å². The van der Waals surface area contributed by atoms with E-state index in [9.17, 15) is 5.11 Å². The predicted molar refractivity (Wildman–Crippen MR) is 68.5 cm³/mol. The van der Waals surface area contributed by atoms with E-state index in [-0.39, 0.29) is 6.10 Å². The molecule has 0 spiro atoms. The Kier molecular flexibility index (Phi) is 2.80. The molecule has 1 atom stereocenters. The molecule has 1 aromatic heterocycles. The molecular weight excluding hydrogens is 228 g/mol. The summed E-state index contributed by atoms with van der Waals surface area (Å²) in [6.07, 6.45) is 3.11. The van der Waals surface area contributed by atoms with Crippen LogP contribution in [0.5, 0.6) is 5.75 Å². The van der Waals surface area contributed by atoms with Gasteiger partial charge >= 0.3 is 0 Å². The second kappa shape index (κ2) is 4.46. The van der Waals surface area contributed by atoms with Gasteiger partial charge in [-0.1, -0.05) is 12.1 Å². The highest BCUT2D eigenvalue weighted by Crippen LogP contribution is 2.26. The Labute approximate surface area is 106 Å². The first-order chi connectivity index (χ1) is 8.78. The molecule has 0 bridgehead atoms. The molecule has 0 aliphatic carbocycles. The molecule has 4 nitrogen and oxygen atoms in total. The lowest BCUT2D eigenvalue weighted by molar-refractivity contribution is 0.144. The summed E-state index contributed by atoms with van der Waals surface area (Å²) >= 11 is 0. The zero-order valence-corrected chi connectivity index (χ0v) is 10.3. The minimum Gasteiger partial charge on any atom is -0.497 e. The fourth-order valence-electron chi connectivity index (χ4n) is 2.44. The number of rotatable bonds is 2. The Balaban J connectivity index is 2.02. The Hall–Kier alpha value is -1.81. The molecule has 1 aromatic carbocycles. The van der Waals surface area contributed by atoms with E-state index in [0.29, 0.717) is 6.42 Å². The van der Waals surface area contributed by atoms with Gasteiger partial charge in [0.2, 0.25) is 0 Å². The van der Waals surface area contributed by atoms with Crippen molar-refractivity contribution in [3.63, 3.8) is 0 Å². The molecule has 0 fully saturated rings. The van der Waals surface area contributed by atoms with Crippen molar-refractivity contribution in [1.82, 2.24) is 9.55 Å². The summed E-state index contributed by atoms with van der Waals surface area (Å²) in [5, 5.41) is 9.66. The van der Waals surface area contributed by atoms with Gasteiger partial charge in [0.05, 0.1) is 13.2 Å². The number of imidazole rings is 1. The van der Waals surface area contributed by atoms with E-state index >= 15 is 0 Å². The third-order valence-corrected chi connectivity index (χ3v) is 3.40. The van der Waals surface area contributed by atoms with Gasteiger partial charge in [0.15, 0.2) is 0 Å². The number of methoxy groups -OCH3 is 1. The average molecular weight is 244 g/mol. The Bertz CT molecular complexity index is 563. The Morgan fingerprint density at radius 1 is 1.44 bits per heavy atom. The Morgan fingerprint density at radius 3 is 3.17 bits per heavy atom. The van der Waals surface area contributed by atoms with Crippen LogP contribution < -0.4 is 4.74 Å². The van der Waals surface area contributed by atoms with Crippen LogP contribution in [-0.2, 0) is 13.0 Å². The molecular formula is C14H16N2O2. The minimum absolute atomic E-state index is 0.229. The largest absolute Gasteiger partial charge is 0.497 e. The molecule has 1 N–H and O–H groups in total. The maximum Gasteiger partial charge on any atom is 0.140 e. The van der Waals surface area contributed by atoms with Crippen molar-refractivity contribution in [3.05, 3.63) is 36.2 Å². The maximum absolute atomic E-state index is 9.66. The molecule has 0 radical (unpaired) electrons. The van der Waals surface area contributed by atoms with Crippen LogP contribution in [0.2, 0.25) is 0 Å². The van der Waals surface area contributed by atoms with Crippen molar-refractivity contribution in [2.24, 2.45) is 0 Å². The molecule has 1 unspecified atom stereocenters. The number of ether oxygens (including phenoxy) is 1. The van der Waals surface area contributed by atoms with E-state index in [1.807, 2.05) is 30.5 Å². The summed E-state index contributed by atoms with van der Waals surface area (Å²) in [7, 11) is 1.66. The quantitative estimate of drug-likeness (QED) is 0.877. The van der Waals surface area contributed by atoms with Crippen LogP contribution in [0.15, 0.2) is 30.5 Å². The zero-order chi connectivity index (χ0) is 12.5. The summed E-state index contributed by atoms with van der Waals surface area (Å²) in [4.78, 5) is 4.47. The lowest BCUT2D eigenvalue weighted by Gasteiger charge is -2.21. The van der Waals surface area contributed by atoms with Crippen LogP contribution in [-0.4, -0.2) is 27.9 Å². The first-order valence-corrected chi connectivity index (χ1v) is 6.15. The van der Waals surface area contributed by atoms with E-state index in [0.717, 1.165) is 35.8 Å². The van der Waals surface area contributed by atoms with Gasteiger partial charge < -0.3 is 14.4 Å².